The monoisotopic (exact) mass is 587 g/mol. The molecule has 1 unspecified atom stereocenters. The molecule has 1 fully saturated rings. The zero-order valence-corrected chi connectivity index (χ0v) is 25.1. The number of carbonyl (C=O) groups is 1. The number of aromatic nitrogens is 2. The van der Waals surface area contributed by atoms with E-state index in [0.29, 0.717) is 47.8 Å². The number of sulfonamides is 1. The molecule has 1 atom stereocenters. The molecule has 1 aromatic carbocycles. The Morgan fingerprint density at radius 3 is 2.54 bits per heavy atom. The summed E-state index contributed by atoms with van der Waals surface area (Å²) in [6.07, 6.45) is 0.857. The van der Waals surface area contributed by atoms with E-state index < -0.39 is 21.7 Å². The molecule has 1 aliphatic rings. The van der Waals surface area contributed by atoms with Crippen molar-refractivity contribution in [3.63, 3.8) is 0 Å². The molecule has 0 bridgehead atoms. The quantitative estimate of drug-likeness (QED) is 0.323. The largest absolute Gasteiger partial charge is 0.493 e. The topological polar surface area (TPSA) is 128 Å². The number of rotatable bonds is 9. The molecule has 3 aromatic rings. The lowest BCUT2D eigenvalue weighted by atomic mass is 9.89. The van der Waals surface area contributed by atoms with E-state index in [4.69, 9.17) is 15.5 Å². The normalized spacial score (nSPS) is 16.8. The van der Waals surface area contributed by atoms with Crippen LogP contribution >= 0.6 is 0 Å². The van der Waals surface area contributed by atoms with Gasteiger partial charge in [-0.05, 0) is 74.4 Å². The van der Waals surface area contributed by atoms with Crippen LogP contribution < -0.4 is 20.1 Å². The molecule has 0 radical (unpaired) electrons. The summed E-state index contributed by atoms with van der Waals surface area (Å²) in [5.74, 6) is 0.349. The predicted molar refractivity (Wildman–Crippen MR) is 162 cm³/mol. The molecule has 1 saturated heterocycles. The Bertz CT molecular complexity index is 1550. The van der Waals surface area contributed by atoms with Crippen molar-refractivity contribution >= 4 is 27.6 Å². The number of amides is 1. The maximum atomic E-state index is 14.6. The van der Waals surface area contributed by atoms with E-state index >= 15 is 0 Å². The van der Waals surface area contributed by atoms with Gasteiger partial charge in [-0.1, -0.05) is 33.8 Å². The van der Waals surface area contributed by atoms with Crippen LogP contribution in [-0.2, 0) is 10.0 Å². The zero-order chi connectivity index (χ0) is 30.1. The summed E-state index contributed by atoms with van der Waals surface area (Å²) in [6.45, 7) is 13.5. The number of halogens is 1. The van der Waals surface area contributed by atoms with E-state index in [9.17, 15) is 17.6 Å². The summed E-state index contributed by atoms with van der Waals surface area (Å²) in [7, 11) is -4.31. The Morgan fingerprint density at radius 1 is 1.17 bits per heavy atom. The van der Waals surface area contributed by atoms with Gasteiger partial charge in [0.25, 0.3) is 15.9 Å². The molecule has 0 aliphatic carbocycles. The van der Waals surface area contributed by atoms with Crippen LogP contribution in [0.1, 0.15) is 61.2 Å². The van der Waals surface area contributed by atoms with Gasteiger partial charge >= 0.3 is 0 Å². The summed E-state index contributed by atoms with van der Waals surface area (Å²) < 4.78 is 48.5. The van der Waals surface area contributed by atoms with Crippen LogP contribution in [-0.4, -0.2) is 43.0 Å². The minimum absolute atomic E-state index is 0. The van der Waals surface area contributed by atoms with Crippen LogP contribution in [0.25, 0.3) is 11.3 Å². The molecule has 0 spiro atoms. The summed E-state index contributed by atoms with van der Waals surface area (Å²) in [5, 5.41) is -0.368. The maximum absolute atomic E-state index is 14.6. The Kier molecular flexibility index (Phi) is 8.58. The molecule has 1 amide bonds. The Hall–Kier alpha value is -3.73. The van der Waals surface area contributed by atoms with E-state index in [1.807, 2.05) is 18.7 Å². The fourth-order valence-electron chi connectivity index (χ4n) is 4.98. The molecule has 4 rings (SSSR count). The number of nitrogens with one attached hydrogen (secondary N) is 1. The smallest absolute Gasteiger partial charge is 0.281 e. The highest BCUT2D eigenvalue weighted by Crippen LogP contribution is 2.41. The lowest BCUT2D eigenvalue weighted by Crippen LogP contribution is -2.41. The summed E-state index contributed by atoms with van der Waals surface area (Å²) in [4.78, 5) is 24.3. The SMILES string of the molecule is CC(C)COc1cc(F)cc(-c2ccc(C(=O)NS(=O)(=O)c3cccc(N)n3)c(N3CC(C(C)C)CC3(C)C)n2)c1.[HH].[HH]. The third kappa shape index (κ3) is 6.95. The average molecular weight is 588 g/mol. The molecule has 2 aromatic heterocycles. The second-order valence-electron chi connectivity index (χ2n) is 11.9. The molecule has 224 valence electrons. The van der Waals surface area contributed by atoms with Gasteiger partial charge in [0, 0.05) is 26.6 Å². The van der Waals surface area contributed by atoms with E-state index in [-0.39, 0.29) is 30.7 Å². The summed E-state index contributed by atoms with van der Waals surface area (Å²) in [5.41, 5.74) is 6.26. The van der Waals surface area contributed by atoms with Crippen molar-refractivity contribution in [2.75, 3.05) is 23.8 Å². The summed E-state index contributed by atoms with van der Waals surface area (Å²) >= 11 is 0. The first-order valence-electron chi connectivity index (χ1n) is 13.7. The van der Waals surface area contributed by atoms with Gasteiger partial charge < -0.3 is 15.4 Å². The van der Waals surface area contributed by atoms with Crippen LogP contribution in [0.4, 0.5) is 16.0 Å². The van der Waals surface area contributed by atoms with E-state index in [2.05, 4.69) is 37.4 Å². The number of carbonyl (C=O) groups excluding carboxylic acids is 1. The number of pyridine rings is 2. The maximum Gasteiger partial charge on any atom is 0.281 e. The third-order valence-electron chi connectivity index (χ3n) is 7.23. The molecular formula is C30H42FN5O4S. The molecule has 9 nitrogen and oxygen atoms in total. The molecule has 41 heavy (non-hydrogen) atoms. The van der Waals surface area contributed by atoms with Gasteiger partial charge in [-0.3, -0.25) is 4.79 Å². The highest BCUT2D eigenvalue weighted by Gasteiger charge is 2.42. The van der Waals surface area contributed by atoms with Gasteiger partial charge in [0.1, 0.15) is 23.2 Å². The minimum atomic E-state index is -4.31. The van der Waals surface area contributed by atoms with Gasteiger partial charge in [0.2, 0.25) is 0 Å². The van der Waals surface area contributed by atoms with Crippen LogP contribution in [0.5, 0.6) is 5.75 Å². The van der Waals surface area contributed by atoms with Crippen molar-refractivity contribution in [1.29, 1.82) is 0 Å². The lowest BCUT2D eigenvalue weighted by Gasteiger charge is -2.34. The number of nitrogens with two attached hydrogens (primary N) is 1. The molecule has 3 N–H and O–H groups in total. The first kappa shape index (κ1) is 30.2. The van der Waals surface area contributed by atoms with Crippen molar-refractivity contribution in [2.24, 2.45) is 17.8 Å². The van der Waals surface area contributed by atoms with Gasteiger partial charge in [0.15, 0.2) is 5.03 Å². The van der Waals surface area contributed by atoms with Crippen LogP contribution in [0.2, 0.25) is 0 Å². The van der Waals surface area contributed by atoms with Gasteiger partial charge in [-0.2, -0.15) is 8.42 Å². The first-order chi connectivity index (χ1) is 19.2. The average Bonchev–Trinajstić information content (AvgIpc) is 3.21. The fourth-order valence-corrected chi connectivity index (χ4v) is 5.92. The zero-order valence-electron chi connectivity index (χ0n) is 24.3. The number of nitrogen functional groups attached to an aromatic ring is 1. The van der Waals surface area contributed by atoms with Crippen molar-refractivity contribution < 1.29 is 25.2 Å². The highest BCUT2D eigenvalue weighted by molar-refractivity contribution is 7.90. The molecule has 11 heteroatoms. The van der Waals surface area contributed by atoms with Crippen molar-refractivity contribution in [3.05, 3.63) is 59.9 Å². The minimum Gasteiger partial charge on any atom is -0.493 e. The second kappa shape index (κ2) is 11.6. The van der Waals surface area contributed by atoms with E-state index in [0.717, 1.165) is 6.42 Å². The van der Waals surface area contributed by atoms with E-state index in [1.165, 1.54) is 36.4 Å². The molecule has 1 aliphatic heterocycles. The second-order valence-corrected chi connectivity index (χ2v) is 13.5. The highest BCUT2D eigenvalue weighted by atomic mass is 32.2. The number of anilines is 2. The Labute approximate surface area is 244 Å². The summed E-state index contributed by atoms with van der Waals surface area (Å²) in [6, 6.07) is 11.6. The lowest BCUT2D eigenvalue weighted by molar-refractivity contribution is 0.0981. The van der Waals surface area contributed by atoms with Gasteiger partial charge in [-0.25, -0.2) is 19.1 Å². The van der Waals surface area contributed by atoms with Gasteiger partial charge in [-0.15, -0.1) is 0 Å². The van der Waals surface area contributed by atoms with Crippen molar-refractivity contribution in [2.45, 2.75) is 58.5 Å². The van der Waals surface area contributed by atoms with Crippen molar-refractivity contribution in [3.8, 4) is 17.0 Å². The van der Waals surface area contributed by atoms with E-state index in [1.54, 1.807) is 12.1 Å². The number of nitrogens with zero attached hydrogens (tertiary/aromatic N) is 3. The number of benzene rings is 1. The van der Waals surface area contributed by atoms with Crippen LogP contribution in [0.15, 0.2) is 53.6 Å². The molecule has 0 saturated carbocycles. The number of ether oxygens (including phenoxy) is 1. The molecular weight excluding hydrogens is 545 g/mol. The number of hydrogen-bond acceptors (Lipinski definition) is 8. The van der Waals surface area contributed by atoms with Crippen LogP contribution in [0.3, 0.4) is 0 Å². The first-order valence-corrected chi connectivity index (χ1v) is 15.2. The Balaban J connectivity index is 0.00000323. The van der Waals surface area contributed by atoms with Crippen LogP contribution in [0, 0.1) is 23.6 Å². The fraction of sp³-hybridized carbons (Fsp3) is 0.433. The standard InChI is InChI=1S/C30H38FN5O4S.2H2/c1-18(2)17-40-23-13-20(12-22(31)14-23)25-11-10-24(28(33-25)36-16-21(19(3)4)15-30(36,5)6)29(37)35-41(38,39)27-9-7-8-26(32)34-27;;/h7-14,18-19,21H,15-17H2,1-6H3,(H2,32,34)(H,35,37);2*1H. The third-order valence-corrected chi connectivity index (χ3v) is 8.46. The number of hydrogen-bond donors (Lipinski definition) is 2. The predicted octanol–water partition coefficient (Wildman–Crippen LogP) is 5.77. The Morgan fingerprint density at radius 2 is 1.90 bits per heavy atom. The molecule has 3 heterocycles. The van der Waals surface area contributed by atoms with Gasteiger partial charge in [0.05, 0.1) is 17.9 Å². The van der Waals surface area contributed by atoms with Crippen molar-refractivity contribution in [1.82, 2.24) is 14.7 Å².